The largest absolute Gasteiger partial charge is 0.497 e. The van der Waals surface area contributed by atoms with Gasteiger partial charge in [0.2, 0.25) is 0 Å². The molecule has 140 valence electrons. The van der Waals surface area contributed by atoms with E-state index in [2.05, 4.69) is 32.7 Å². The number of carbonyl (C=O) groups is 1. The first kappa shape index (κ1) is 19.7. The molecule has 6 nitrogen and oxygen atoms in total. The van der Waals surface area contributed by atoms with Gasteiger partial charge in [-0.15, -0.1) is 0 Å². The van der Waals surface area contributed by atoms with Crippen LogP contribution in [0.2, 0.25) is 0 Å². The number of rotatable bonds is 10. The molecule has 0 aliphatic carbocycles. The standard InChI is InChI=1S/C20H28N4O2/c1-24(2)14-4-12-22-20(25)19-10-7-17(15-23-19)21-13-11-16-5-8-18(26-3)9-6-16/h5-10,15,21H,4,11-14H2,1-3H3,(H,22,25). The molecule has 6 heteroatoms. The Morgan fingerprint density at radius 2 is 1.88 bits per heavy atom. The Balaban J connectivity index is 1.73. The predicted molar refractivity (Wildman–Crippen MR) is 105 cm³/mol. The van der Waals surface area contributed by atoms with Crippen molar-refractivity contribution in [1.29, 1.82) is 0 Å². The zero-order valence-corrected chi connectivity index (χ0v) is 15.8. The van der Waals surface area contributed by atoms with Gasteiger partial charge in [0.15, 0.2) is 0 Å². The highest BCUT2D eigenvalue weighted by Gasteiger charge is 2.06. The van der Waals surface area contributed by atoms with Gasteiger partial charge in [-0.2, -0.15) is 0 Å². The fourth-order valence-corrected chi connectivity index (χ4v) is 2.46. The molecule has 1 aromatic carbocycles. The van der Waals surface area contributed by atoms with Crippen LogP contribution in [0, 0.1) is 0 Å². The molecule has 1 aromatic heterocycles. The SMILES string of the molecule is COc1ccc(CCNc2ccc(C(=O)NCCCN(C)C)nc2)cc1. The van der Waals surface area contributed by atoms with Gasteiger partial charge in [0.1, 0.15) is 11.4 Å². The zero-order chi connectivity index (χ0) is 18.8. The van der Waals surface area contributed by atoms with Gasteiger partial charge in [-0.05, 0) is 63.3 Å². The van der Waals surface area contributed by atoms with Gasteiger partial charge < -0.3 is 20.3 Å². The maximum atomic E-state index is 12.0. The number of ether oxygens (including phenoxy) is 1. The van der Waals surface area contributed by atoms with Crippen LogP contribution in [0.25, 0.3) is 0 Å². The number of methoxy groups -OCH3 is 1. The molecule has 0 saturated carbocycles. The number of pyridine rings is 1. The van der Waals surface area contributed by atoms with Gasteiger partial charge in [0, 0.05) is 13.1 Å². The van der Waals surface area contributed by atoms with E-state index < -0.39 is 0 Å². The highest BCUT2D eigenvalue weighted by atomic mass is 16.5. The molecule has 0 fully saturated rings. The van der Waals surface area contributed by atoms with E-state index in [-0.39, 0.29) is 5.91 Å². The lowest BCUT2D eigenvalue weighted by Gasteiger charge is -2.10. The first-order valence-corrected chi connectivity index (χ1v) is 8.84. The van der Waals surface area contributed by atoms with Gasteiger partial charge in [-0.1, -0.05) is 12.1 Å². The van der Waals surface area contributed by atoms with Crippen molar-refractivity contribution in [2.45, 2.75) is 12.8 Å². The maximum absolute atomic E-state index is 12.0. The summed E-state index contributed by atoms with van der Waals surface area (Å²) >= 11 is 0. The molecule has 2 N–H and O–H groups in total. The zero-order valence-electron chi connectivity index (χ0n) is 15.8. The molecule has 1 amide bonds. The van der Waals surface area contributed by atoms with Crippen LogP contribution in [-0.4, -0.2) is 56.6 Å². The summed E-state index contributed by atoms with van der Waals surface area (Å²) in [6, 6.07) is 11.7. The number of anilines is 1. The van der Waals surface area contributed by atoms with Crippen LogP contribution in [0.5, 0.6) is 5.75 Å². The predicted octanol–water partition coefficient (Wildman–Crippen LogP) is 2.43. The first-order valence-electron chi connectivity index (χ1n) is 8.84. The number of nitrogens with zero attached hydrogens (tertiary/aromatic N) is 2. The van der Waals surface area contributed by atoms with Gasteiger partial charge in [-0.3, -0.25) is 4.79 Å². The Kier molecular flexibility index (Phi) is 7.89. The van der Waals surface area contributed by atoms with Crippen LogP contribution in [0.4, 0.5) is 5.69 Å². The summed E-state index contributed by atoms with van der Waals surface area (Å²) in [5.41, 5.74) is 2.58. The van der Waals surface area contributed by atoms with E-state index in [9.17, 15) is 4.79 Å². The van der Waals surface area contributed by atoms with Crippen molar-refractivity contribution in [2.75, 3.05) is 46.2 Å². The summed E-state index contributed by atoms with van der Waals surface area (Å²) in [6.45, 7) is 2.40. The summed E-state index contributed by atoms with van der Waals surface area (Å²) < 4.78 is 5.16. The van der Waals surface area contributed by atoms with Gasteiger partial charge in [0.05, 0.1) is 19.0 Å². The molecular formula is C20H28N4O2. The molecule has 0 spiro atoms. The van der Waals surface area contributed by atoms with Crippen LogP contribution in [-0.2, 0) is 6.42 Å². The highest BCUT2D eigenvalue weighted by molar-refractivity contribution is 5.92. The third kappa shape index (κ3) is 6.72. The van der Waals surface area contributed by atoms with Gasteiger partial charge in [0.25, 0.3) is 5.91 Å². The number of nitrogens with one attached hydrogen (secondary N) is 2. The third-order valence-electron chi connectivity index (χ3n) is 3.97. The molecule has 0 saturated heterocycles. The fourth-order valence-electron chi connectivity index (χ4n) is 2.46. The summed E-state index contributed by atoms with van der Waals surface area (Å²) in [5.74, 6) is 0.732. The number of hydrogen-bond acceptors (Lipinski definition) is 5. The summed E-state index contributed by atoms with van der Waals surface area (Å²) in [6.07, 6.45) is 3.52. The second kappa shape index (κ2) is 10.4. The Bertz CT molecular complexity index is 669. The van der Waals surface area contributed by atoms with Crippen LogP contribution >= 0.6 is 0 Å². The molecule has 0 atom stereocenters. The maximum Gasteiger partial charge on any atom is 0.269 e. The monoisotopic (exact) mass is 356 g/mol. The molecule has 2 rings (SSSR count). The molecule has 1 heterocycles. The van der Waals surface area contributed by atoms with Crippen LogP contribution in [0.1, 0.15) is 22.5 Å². The Labute approximate surface area is 155 Å². The normalized spacial score (nSPS) is 10.6. The minimum absolute atomic E-state index is 0.131. The van der Waals surface area contributed by atoms with Crippen molar-refractivity contribution in [3.8, 4) is 5.75 Å². The number of hydrogen-bond donors (Lipinski definition) is 2. The van der Waals surface area contributed by atoms with Crippen molar-refractivity contribution in [3.63, 3.8) is 0 Å². The minimum atomic E-state index is -0.131. The van der Waals surface area contributed by atoms with Crippen LogP contribution < -0.4 is 15.4 Å². The van der Waals surface area contributed by atoms with E-state index in [1.165, 1.54) is 5.56 Å². The summed E-state index contributed by atoms with van der Waals surface area (Å²) in [5, 5.41) is 6.21. The second-order valence-corrected chi connectivity index (χ2v) is 6.37. The molecule has 0 aliphatic heterocycles. The highest BCUT2D eigenvalue weighted by Crippen LogP contribution is 2.12. The average molecular weight is 356 g/mol. The number of amides is 1. The topological polar surface area (TPSA) is 66.5 Å². The molecule has 0 aliphatic rings. The van der Waals surface area contributed by atoms with Crippen LogP contribution in [0.3, 0.4) is 0 Å². The van der Waals surface area contributed by atoms with Gasteiger partial charge >= 0.3 is 0 Å². The summed E-state index contributed by atoms with van der Waals surface area (Å²) in [4.78, 5) is 18.4. The van der Waals surface area contributed by atoms with Crippen molar-refractivity contribution in [1.82, 2.24) is 15.2 Å². The van der Waals surface area contributed by atoms with E-state index in [4.69, 9.17) is 4.74 Å². The third-order valence-corrected chi connectivity index (χ3v) is 3.97. The lowest BCUT2D eigenvalue weighted by Crippen LogP contribution is -2.27. The van der Waals surface area contributed by atoms with E-state index >= 15 is 0 Å². The Morgan fingerprint density at radius 1 is 1.12 bits per heavy atom. The van der Waals surface area contributed by atoms with E-state index in [1.54, 1.807) is 19.4 Å². The van der Waals surface area contributed by atoms with Crippen LogP contribution in [0.15, 0.2) is 42.6 Å². The number of aromatic nitrogens is 1. The molecule has 0 bridgehead atoms. The molecule has 26 heavy (non-hydrogen) atoms. The molecular weight excluding hydrogens is 328 g/mol. The Morgan fingerprint density at radius 3 is 2.50 bits per heavy atom. The second-order valence-electron chi connectivity index (χ2n) is 6.37. The molecule has 0 unspecified atom stereocenters. The van der Waals surface area contributed by atoms with E-state index in [1.807, 2.05) is 32.3 Å². The van der Waals surface area contributed by atoms with E-state index in [0.717, 1.165) is 37.4 Å². The average Bonchev–Trinajstić information content (AvgIpc) is 2.66. The molecule has 2 aromatic rings. The van der Waals surface area contributed by atoms with Crippen molar-refractivity contribution in [3.05, 3.63) is 53.9 Å². The first-order chi connectivity index (χ1) is 12.6. The lowest BCUT2D eigenvalue weighted by atomic mass is 10.1. The van der Waals surface area contributed by atoms with E-state index in [0.29, 0.717) is 12.2 Å². The molecule has 0 radical (unpaired) electrons. The van der Waals surface area contributed by atoms with Crippen molar-refractivity contribution in [2.24, 2.45) is 0 Å². The van der Waals surface area contributed by atoms with Crippen molar-refractivity contribution >= 4 is 11.6 Å². The minimum Gasteiger partial charge on any atom is -0.497 e. The Hall–Kier alpha value is -2.60. The number of benzene rings is 1. The smallest absolute Gasteiger partial charge is 0.269 e. The number of carbonyl (C=O) groups excluding carboxylic acids is 1. The van der Waals surface area contributed by atoms with Crippen molar-refractivity contribution < 1.29 is 9.53 Å². The van der Waals surface area contributed by atoms with Gasteiger partial charge in [-0.25, -0.2) is 4.98 Å². The quantitative estimate of drug-likeness (QED) is 0.640. The summed E-state index contributed by atoms with van der Waals surface area (Å²) in [7, 11) is 5.70. The lowest BCUT2D eigenvalue weighted by molar-refractivity contribution is 0.0947. The fraction of sp³-hybridized carbons (Fsp3) is 0.400.